The summed E-state index contributed by atoms with van der Waals surface area (Å²) >= 11 is 0. The van der Waals surface area contributed by atoms with Gasteiger partial charge in [-0.25, -0.2) is 4.98 Å². The van der Waals surface area contributed by atoms with E-state index >= 15 is 0 Å². The first kappa shape index (κ1) is 17.2. The van der Waals surface area contributed by atoms with Gasteiger partial charge in [0.05, 0.1) is 50.9 Å². The maximum absolute atomic E-state index is 9.65. The largest absolute Gasteiger partial charge is 0.309 e. The van der Waals surface area contributed by atoms with Crippen LogP contribution in [0.1, 0.15) is 28.8 Å². The highest BCUT2D eigenvalue weighted by atomic mass is 15.2. The molecule has 0 aliphatic carbocycles. The summed E-state index contributed by atoms with van der Waals surface area (Å²) in [4.78, 5) is 14.0. The van der Waals surface area contributed by atoms with Crippen molar-refractivity contribution < 1.29 is 28.8 Å². The van der Waals surface area contributed by atoms with Gasteiger partial charge in [0.1, 0.15) is 0 Å². The third-order valence-corrected chi connectivity index (χ3v) is 9.33. The molecular weight excluding hydrogens is 683 g/mol. The van der Waals surface area contributed by atoms with Crippen LogP contribution in [0.5, 0.6) is 0 Å². The number of hydrogen-bond donors (Lipinski definition) is 0. The van der Waals surface area contributed by atoms with E-state index in [9.17, 15) is 6.85 Å². The predicted octanol–water partition coefficient (Wildman–Crippen LogP) is 12.7. The van der Waals surface area contributed by atoms with Crippen molar-refractivity contribution in [2.24, 2.45) is 0 Å². The Labute approximate surface area is 353 Å². The summed E-state index contributed by atoms with van der Waals surface area (Å²) in [6, 6.07) is 6.27. The van der Waals surface area contributed by atoms with Gasteiger partial charge >= 0.3 is 0 Å². The topological polar surface area (TPSA) is 48.5 Å². The molecular formula is C51H33N5. The Balaban J connectivity index is 1.25. The molecule has 0 N–H and O–H groups in total. The lowest BCUT2D eigenvalue weighted by molar-refractivity contribution is 0.953. The van der Waals surface area contributed by atoms with E-state index in [1.165, 1.54) is 6.07 Å². The summed E-state index contributed by atoms with van der Waals surface area (Å²) in [6.45, 7) is 0. The number of nitrogens with zero attached hydrogens (tertiary/aromatic N) is 5. The van der Waals surface area contributed by atoms with E-state index in [2.05, 4.69) is 4.98 Å². The molecule has 56 heavy (non-hydrogen) atoms. The Morgan fingerprint density at radius 2 is 0.875 bits per heavy atom. The molecule has 3 heterocycles. The first-order valence-electron chi connectivity index (χ1n) is 27.6. The lowest BCUT2D eigenvalue weighted by Crippen LogP contribution is -2.06. The van der Waals surface area contributed by atoms with Gasteiger partial charge in [-0.1, -0.05) is 163 Å². The maximum Gasteiger partial charge on any atom is 0.238 e. The number of aromatic nitrogens is 5. The molecule has 3 aromatic heterocycles. The minimum absolute atomic E-state index is 0.0722. The Kier molecular flexibility index (Phi) is 4.01. The van der Waals surface area contributed by atoms with Crippen LogP contribution in [-0.4, -0.2) is 24.1 Å². The van der Waals surface area contributed by atoms with E-state index < -0.39 is 149 Å². The van der Waals surface area contributed by atoms with Crippen molar-refractivity contribution in [3.63, 3.8) is 0 Å². The molecule has 0 spiro atoms. The molecule has 0 aliphatic heterocycles. The van der Waals surface area contributed by atoms with Crippen LogP contribution in [0, 0.1) is 0 Å². The predicted molar refractivity (Wildman–Crippen MR) is 230 cm³/mol. The van der Waals surface area contributed by atoms with Crippen molar-refractivity contribution in [2.75, 3.05) is 0 Å². The number of fused-ring (bicyclic) bond motifs is 6. The van der Waals surface area contributed by atoms with Crippen LogP contribution in [0.3, 0.4) is 0 Å². The molecule has 8 aromatic carbocycles. The fourth-order valence-electron chi connectivity index (χ4n) is 6.92. The van der Waals surface area contributed by atoms with E-state index in [4.69, 9.17) is 31.9 Å². The zero-order chi connectivity index (χ0) is 55.3. The number of para-hydroxylation sites is 2. The van der Waals surface area contributed by atoms with Crippen molar-refractivity contribution in [2.45, 2.75) is 0 Å². The molecule has 0 saturated carbocycles. The monoisotopic (exact) mass is 736 g/mol. The lowest BCUT2D eigenvalue weighted by atomic mass is 10.0. The van der Waals surface area contributed by atoms with Crippen molar-refractivity contribution in [3.8, 4) is 56.7 Å². The highest BCUT2D eigenvalue weighted by molar-refractivity contribution is 6.19. The van der Waals surface area contributed by atoms with E-state index in [-0.39, 0.29) is 34.8 Å². The summed E-state index contributed by atoms with van der Waals surface area (Å²) in [5.74, 6) is -1.44. The number of hydrogen-bond acceptors (Lipinski definition) is 3. The molecule has 0 atom stereocenters. The zero-order valence-corrected chi connectivity index (χ0v) is 28.7. The molecule has 11 aromatic rings. The van der Waals surface area contributed by atoms with Gasteiger partial charge in [0, 0.05) is 38.4 Å². The van der Waals surface area contributed by atoms with Gasteiger partial charge in [-0.2, -0.15) is 9.97 Å². The molecule has 11 rings (SSSR count). The van der Waals surface area contributed by atoms with Gasteiger partial charge in [0.2, 0.25) is 5.95 Å². The van der Waals surface area contributed by atoms with E-state index in [1.807, 2.05) is 24.3 Å². The van der Waals surface area contributed by atoms with Crippen LogP contribution in [0.15, 0.2) is 200 Å². The number of rotatable bonds is 6. The standard InChI is InChI=1S/C51H33N5/c1-4-15-34(16-5-1)36-27-29-38(30-28-36)50-52-49(37-19-8-3-9-20-37)53-51(54-50)56-46-26-13-11-24-42(46)44-32-43-41-23-10-12-25-45(41)55(47(43)33-48(44)56)40-22-14-21-39(31-40)35-17-6-2-7-18-35/h1-33H/i1D,2D,3D,4D,5D,6D,7D,8D,9D,14D,15D,16D,17D,19D,20D,21D,27D,28D,29D,30D,31D. The second-order valence-electron chi connectivity index (χ2n) is 12.5. The summed E-state index contributed by atoms with van der Waals surface area (Å²) in [5, 5.41) is 2.53. The molecule has 0 bridgehead atoms. The number of benzene rings is 8. The quantitative estimate of drug-likeness (QED) is 0.171. The maximum atomic E-state index is 9.65. The van der Waals surface area contributed by atoms with Crippen molar-refractivity contribution >= 4 is 43.6 Å². The minimum atomic E-state index is -0.836. The van der Waals surface area contributed by atoms with Gasteiger partial charge in [0.15, 0.2) is 11.6 Å². The molecule has 0 amide bonds. The summed E-state index contributed by atoms with van der Waals surface area (Å²) in [5.41, 5.74) is -0.877. The van der Waals surface area contributed by atoms with E-state index in [0.717, 1.165) is 6.07 Å². The fraction of sp³-hybridized carbons (Fsp3) is 0. The third-order valence-electron chi connectivity index (χ3n) is 9.33. The van der Waals surface area contributed by atoms with Crippen LogP contribution < -0.4 is 0 Å². The van der Waals surface area contributed by atoms with Crippen molar-refractivity contribution in [1.29, 1.82) is 0 Å². The van der Waals surface area contributed by atoms with Crippen LogP contribution in [0.4, 0.5) is 0 Å². The van der Waals surface area contributed by atoms with Crippen LogP contribution >= 0.6 is 0 Å². The van der Waals surface area contributed by atoms with Gasteiger partial charge in [-0.15, -0.1) is 0 Å². The zero-order valence-electron chi connectivity index (χ0n) is 49.7. The Bertz CT molecular complexity index is 4410. The molecule has 0 aliphatic rings. The first-order valence-corrected chi connectivity index (χ1v) is 17.1. The highest BCUT2D eigenvalue weighted by Crippen LogP contribution is 2.40. The molecule has 0 fully saturated rings. The summed E-state index contributed by atoms with van der Waals surface area (Å²) in [7, 11) is 0. The lowest BCUT2D eigenvalue weighted by Gasteiger charge is -2.12. The molecule has 262 valence electrons. The van der Waals surface area contributed by atoms with Gasteiger partial charge in [-0.3, -0.25) is 4.57 Å². The van der Waals surface area contributed by atoms with Crippen LogP contribution in [0.2, 0.25) is 0 Å². The van der Waals surface area contributed by atoms with Crippen molar-refractivity contribution in [1.82, 2.24) is 24.1 Å². The van der Waals surface area contributed by atoms with E-state index in [1.54, 1.807) is 45.5 Å². The Hall–Kier alpha value is -7.63. The highest BCUT2D eigenvalue weighted by Gasteiger charge is 2.21. The second-order valence-corrected chi connectivity index (χ2v) is 12.5. The molecule has 0 radical (unpaired) electrons. The first-order chi connectivity index (χ1) is 36.5. The Morgan fingerprint density at radius 3 is 1.57 bits per heavy atom. The molecule has 5 heteroatoms. The van der Waals surface area contributed by atoms with E-state index in [0.29, 0.717) is 43.6 Å². The fourth-order valence-corrected chi connectivity index (χ4v) is 6.92. The Morgan fingerprint density at radius 1 is 0.357 bits per heavy atom. The SMILES string of the molecule is [2H]c1cc(-c2c([2H])c([2H])cc(-n3c4ccccc4c4cc5c6ccccc6n(-c6nc(-c7c([2H])c([2H])c([2H])c([2H])c7[2H])nc(-c7c([2H])c([2H])c(-c8c([2H])c([2H])c([2H])c([2H])c8[2H])c([2H])c7[2H])n6)c5cc43)c2[2H])c([2H])c([2H])c1[2H]. The molecule has 0 unspecified atom stereocenters. The second kappa shape index (κ2) is 13.0. The molecule has 5 nitrogen and oxygen atoms in total. The third kappa shape index (κ3) is 5.29. The van der Waals surface area contributed by atoms with Crippen molar-refractivity contribution in [3.05, 3.63) is 200 Å². The normalized spacial score (nSPS) is 16.8. The molecule has 0 saturated heterocycles. The summed E-state index contributed by atoms with van der Waals surface area (Å²) < 4.78 is 187. The van der Waals surface area contributed by atoms with Crippen LogP contribution in [-0.2, 0) is 0 Å². The van der Waals surface area contributed by atoms with Gasteiger partial charge in [-0.05, 0) is 58.6 Å². The van der Waals surface area contributed by atoms with Crippen LogP contribution in [0.25, 0.3) is 100 Å². The van der Waals surface area contributed by atoms with Gasteiger partial charge in [0.25, 0.3) is 0 Å². The van der Waals surface area contributed by atoms with Gasteiger partial charge < -0.3 is 4.57 Å². The summed E-state index contributed by atoms with van der Waals surface area (Å²) in [6.07, 6.45) is 0. The average Bonchev–Trinajstić information content (AvgIpc) is 4.01. The minimum Gasteiger partial charge on any atom is -0.309 e. The smallest absolute Gasteiger partial charge is 0.238 e. The average molecular weight is 737 g/mol.